The van der Waals surface area contributed by atoms with Crippen LogP contribution in [0.4, 0.5) is 5.82 Å². The van der Waals surface area contributed by atoms with E-state index in [1.54, 1.807) is 6.20 Å². The van der Waals surface area contributed by atoms with E-state index in [-0.39, 0.29) is 5.92 Å². The molecule has 1 aromatic carbocycles. The van der Waals surface area contributed by atoms with Gasteiger partial charge in [0.1, 0.15) is 5.82 Å². The zero-order valence-corrected chi connectivity index (χ0v) is 14.6. The number of allylic oxidation sites excluding steroid dienone is 2. The molecule has 0 N–H and O–H groups in total. The first-order valence-corrected chi connectivity index (χ1v) is 8.51. The highest BCUT2D eigenvalue weighted by Crippen LogP contribution is 2.34. The van der Waals surface area contributed by atoms with Crippen molar-refractivity contribution < 1.29 is 0 Å². The highest BCUT2D eigenvalue weighted by atomic mass is 15.1. The average Bonchev–Trinajstić information content (AvgIpc) is 3.02. The Morgan fingerprint density at radius 2 is 1.96 bits per heavy atom. The Kier molecular flexibility index (Phi) is 3.80. The summed E-state index contributed by atoms with van der Waals surface area (Å²) in [6, 6.07) is 12.3. The van der Waals surface area contributed by atoms with Crippen molar-refractivity contribution in [2.45, 2.75) is 26.7 Å². The van der Waals surface area contributed by atoms with Crippen LogP contribution in [-0.4, -0.2) is 20.2 Å². The Bertz CT molecular complexity index is 995. The fourth-order valence-electron chi connectivity index (χ4n) is 3.25. The summed E-state index contributed by atoms with van der Waals surface area (Å²) in [4.78, 5) is 14.2. The standard InChI is InChI=1S/C21H20N4/c1-4-8-17-15(3)21-24-18(16-10-6-5-9-14(16)2)13-25(21)19-11-7-12-22-20(19)23-17/h4-13,15H,1-3H3/b8-4-. The molecule has 4 rings (SSSR count). The van der Waals surface area contributed by atoms with Gasteiger partial charge in [-0.15, -0.1) is 0 Å². The first-order valence-electron chi connectivity index (χ1n) is 8.51. The minimum atomic E-state index is 0.0863. The van der Waals surface area contributed by atoms with Gasteiger partial charge in [0.2, 0.25) is 0 Å². The Labute approximate surface area is 147 Å². The predicted molar refractivity (Wildman–Crippen MR) is 102 cm³/mol. The molecule has 0 amide bonds. The molecule has 124 valence electrons. The summed E-state index contributed by atoms with van der Waals surface area (Å²) >= 11 is 0. The van der Waals surface area contributed by atoms with Gasteiger partial charge in [0.15, 0.2) is 5.82 Å². The van der Waals surface area contributed by atoms with Gasteiger partial charge in [0, 0.05) is 18.0 Å². The quantitative estimate of drug-likeness (QED) is 0.664. The van der Waals surface area contributed by atoms with Gasteiger partial charge in [-0.2, -0.15) is 0 Å². The maximum atomic E-state index is 4.97. The lowest BCUT2D eigenvalue weighted by Crippen LogP contribution is -2.10. The third kappa shape index (κ3) is 2.60. The number of aromatic nitrogens is 3. The van der Waals surface area contributed by atoms with Gasteiger partial charge in [-0.05, 0) is 44.5 Å². The largest absolute Gasteiger partial charge is 0.299 e. The minimum absolute atomic E-state index is 0.0863. The molecule has 4 heteroatoms. The second kappa shape index (κ2) is 6.13. The molecule has 1 aliphatic heterocycles. The van der Waals surface area contributed by atoms with Gasteiger partial charge in [0.25, 0.3) is 0 Å². The van der Waals surface area contributed by atoms with E-state index >= 15 is 0 Å². The van der Waals surface area contributed by atoms with Crippen molar-refractivity contribution in [3.8, 4) is 16.9 Å². The van der Waals surface area contributed by atoms with E-state index in [1.807, 2.05) is 31.2 Å². The highest BCUT2D eigenvalue weighted by Gasteiger charge is 2.25. The summed E-state index contributed by atoms with van der Waals surface area (Å²) in [5.74, 6) is 1.81. The Hall–Kier alpha value is -3.01. The van der Waals surface area contributed by atoms with Crippen LogP contribution in [0.3, 0.4) is 0 Å². The molecular weight excluding hydrogens is 308 g/mol. The van der Waals surface area contributed by atoms with Crippen LogP contribution in [0.1, 0.15) is 31.2 Å². The lowest BCUT2D eigenvalue weighted by molar-refractivity contribution is 0.852. The van der Waals surface area contributed by atoms with Gasteiger partial charge in [0.05, 0.1) is 23.0 Å². The number of fused-ring (bicyclic) bond motifs is 3. The summed E-state index contributed by atoms with van der Waals surface area (Å²) in [5, 5.41) is 0. The summed E-state index contributed by atoms with van der Waals surface area (Å²) < 4.78 is 2.13. The van der Waals surface area contributed by atoms with Crippen LogP contribution >= 0.6 is 0 Å². The number of imidazole rings is 1. The van der Waals surface area contributed by atoms with Crippen LogP contribution in [0.15, 0.2) is 65.9 Å². The molecule has 4 nitrogen and oxygen atoms in total. The van der Waals surface area contributed by atoms with Gasteiger partial charge in [-0.25, -0.2) is 15.0 Å². The number of benzene rings is 1. The first-order chi connectivity index (χ1) is 12.2. The zero-order chi connectivity index (χ0) is 17.4. The molecular formula is C21H20N4. The van der Waals surface area contributed by atoms with Crippen LogP contribution in [0.25, 0.3) is 16.9 Å². The second-order valence-electron chi connectivity index (χ2n) is 6.27. The lowest BCUT2D eigenvalue weighted by atomic mass is 10.0. The number of aryl methyl sites for hydroxylation is 1. The molecule has 3 aromatic rings. The summed E-state index contributed by atoms with van der Waals surface area (Å²) in [5.41, 5.74) is 5.30. The Morgan fingerprint density at radius 1 is 1.12 bits per heavy atom. The number of rotatable bonds is 2. The molecule has 0 bridgehead atoms. The second-order valence-corrected chi connectivity index (χ2v) is 6.27. The highest BCUT2D eigenvalue weighted by molar-refractivity contribution is 6.02. The molecule has 1 atom stereocenters. The molecule has 0 saturated carbocycles. The zero-order valence-electron chi connectivity index (χ0n) is 14.6. The number of nitrogens with zero attached hydrogens (tertiary/aromatic N) is 4. The smallest absolute Gasteiger partial charge is 0.176 e. The summed E-state index contributed by atoms with van der Waals surface area (Å²) in [6.07, 6.45) is 7.94. The van der Waals surface area contributed by atoms with Crippen molar-refractivity contribution >= 4 is 11.5 Å². The maximum absolute atomic E-state index is 4.97. The number of hydrogen-bond acceptors (Lipinski definition) is 3. The fourth-order valence-corrected chi connectivity index (χ4v) is 3.25. The molecule has 0 aliphatic carbocycles. The summed E-state index contributed by atoms with van der Waals surface area (Å²) in [7, 11) is 0. The minimum Gasteiger partial charge on any atom is -0.299 e. The summed E-state index contributed by atoms with van der Waals surface area (Å²) in [6.45, 7) is 6.27. The Balaban J connectivity index is 1.97. The van der Waals surface area contributed by atoms with Crippen LogP contribution < -0.4 is 0 Å². The maximum Gasteiger partial charge on any atom is 0.176 e. The van der Waals surface area contributed by atoms with E-state index in [9.17, 15) is 0 Å². The van der Waals surface area contributed by atoms with Crippen molar-refractivity contribution in [3.05, 3.63) is 72.3 Å². The van der Waals surface area contributed by atoms with E-state index in [4.69, 9.17) is 9.98 Å². The fraction of sp³-hybridized carbons (Fsp3) is 0.190. The molecule has 0 fully saturated rings. The van der Waals surface area contributed by atoms with Crippen molar-refractivity contribution in [2.24, 2.45) is 4.99 Å². The number of hydrogen-bond donors (Lipinski definition) is 0. The molecule has 0 radical (unpaired) electrons. The molecule has 1 unspecified atom stereocenters. The number of aliphatic imine (C=N–C) groups is 1. The average molecular weight is 328 g/mol. The van der Waals surface area contributed by atoms with Crippen LogP contribution in [0, 0.1) is 6.92 Å². The van der Waals surface area contributed by atoms with Gasteiger partial charge >= 0.3 is 0 Å². The normalized spacial score (nSPS) is 16.3. The molecule has 2 aromatic heterocycles. The topological polar surface area (TPSA) is 43.1 Å². The van der Waals surface area contributed by atoms with Crippen molar-refractivity contribution in [3.63, 3.8) is 0 Å². The molecule has 0 spiro atoms. The monoisotopic (exact) mass is 328 g/mol. The molecule has 3 heterocycles. The third-order valence-corrected chi connectivity index (χ3v) is 4.58. The van der Waals surface area contributed by atoms with Gasteiger partial charge in [-0.1, -0.05) is 30.3 Å². The molecule has 25 heavy (non-hydrogen) atoms. The Morgan fingerprint density at radius 3 is 2.76 bits per heavy atom. The predicted octanol–water partition coefficient (Wildman–Crippen LogP) is 5.01. The third-order valence-electron chi connectivity index (χ3n) is 4.58. The van der Waals surface area contributed by atoms with Crippen LogP contribution in [-0.2, 0) is 0 Å². The van der Waals surface area contributed by atoms with Crippen molar-refractivity contribution in [2.75, 3.05) is 0 Å². The lowest BCUT2D eigenvalue weighted by Gasteiger charge is -2.10. The van der Waals surface area contributed by atoms with Gasteiger partial charge < -0.3 is 0 Å². The van der Waals surface area contributed by atoms with E-state index in [0.717, 1.165) is 34.3 Å². The first kappa shape index (κ1) is 15.5. The van der Waals surface area contributed by atoms with Crippen molar-refractivity contribution in [1.29, 1.82) is 0 Å². The van der Waals surface area contributed by atoms with E-state index in [0.29, 0.717) is 0 Å². The van der Waals surface area contributed by atoms with Gasteiger partial charge in [-0.3, -0.25) is 4.57 Å². The molecule has 0 saturated heterocycles. The van der Waals surface area contributed by atoms with E-state index < -0.39 is 0 Å². The van der Waals surface area contributed by atoms with Crippen molar-refractivity contribution in [1.82, 2.24) is 14.5 Å². The van der Waals surface area contributed by atoms with Crippen LogP contribution in [0.5, 0.6) is 0 Å². The number of pyridine rings is 1. The van der Waals surface area contributed by atoms with E-state index in [2.05, 4.69) is 53.9 Å². The SMILES string of the molecule is C/C=C\C1=Nc2ncccc2-n2cc(-c3ccccc3C)nc2C1C. The van der Waals surface area contributed by atoms with Crippen LogP contribution in [0.2, 0.25) is 0 Å². The van der Waals surface area contributed by atoms with E-state index in [1.165, 1.54) is 5.56 Å². The molecule has 1 aliphatic rings.